The van der Waals surface area contributed by atoms with Gasteiger partial charge in [-0.15, -0.1) is 0 Å². The molecule has 124 valence electrons. The fourth-order valence-corrected chi connectivity index (χ4v) is 3.60. The number of methoxy groups -OCH3 is 1. The lowest BCUT2D eigenvalue weighted by Gasteiger charge is -2.37. The summed E-state index contributed by atoms with van der Waals surface area (Å²) in [6.45, 7) is 0. The Morgan fingerprint density at radius 1 is 1.12 bits per heavy atom. The van der Waals surface area contributed by atoms with Crippen LogP contribution in [0.3, 0.4) is 0 Å². The van der Waals surface area contributed by atoms with Crippen molar-refractivity contribution in [3.63, 3.8) is 0 Å². The van der Waals surface area contributed by atoms with E-state index in [4.69, 9.17) is 13.9 Å². The summed E-state index contributed by atoms with van der Waals surface area (Å²) in [7, 11) is 1.60. The number of hydrogen-bond acceptors (Lipinski definition) is 4. The monoisotopic (exact) mass is 324 g/mol. The summed E-state index contributed by atoms with van der Waals surface area (Å²) in [4.78, 5) is 12.4. The second kappa shape index (κ2) is 5.86. The molecular weight excluding hydrogens is 304 g/mol. The number of rotatable bonds is 2. The Hall–Kier alpha value is -2.49. The highest BCUT2D eigenvalue weighted by Crippen LogP contribution is 2.40. The molecule has 1 saturated carbocycles. The van der Waals surface area contributed by atoms with Gasteiger partial charge in [0.15, 0.2) is 0 Å². The molecule has 2 heterocycles. The Kier molecular flexibility index (Phi) is 3.68. The summed E-state index contributed by atoms with van der Waals surface area (Å²) < 4.78 is 17.2. The molecule has 0 radical (unpaired) electrons. The van der Waals surface area contributed by atoms with Crippen molar-refractivity contribution in [1.29, 1.82) is 0 Å². The zero-order valence-corrected chi connectivity index (χ0v) is 13.7. The van der Waals surface area contributed by atoms with Crippen LogP contribution in [-0.4, -0.2) is 12.7 Å². The molecule has 0 N–H and O–H groups in total. The van der Waals surface area contributed by atoms with Crippen LogP contribution in [0.15, 0.2) is 45.6 Å². The van der Waals surface area contributed by atoms with Crippen LogP contribution in [-0.2, 0) is 0 Å². The van der Waals surface area contributed by atoms with Gasteiger partial charge in [-0.2, -0.15) is 0 Å². The summed E-state index contributed by atoms with van der Waals surface area (Å²) in [6, 6.07) is 9.31. The quantitative estimate of drug-likeness (QED) is 0.820. The predicted octanol–water partition coefficient (Wildman–Crippen LogP) is 4.42. The molecule has 4 rings (SSSR count). The van der Waals surface area contributed by atoms with Gasteiger partial charge in [0.05, 0.1) is 12.7 Å². The van der Waals surface area contributed by atoms with Crippen molar-refractivity contribution in [3.8, 4) is 22.8 Å². The summed E-state index contributed by atoms with van der Waals surface area (Å²) in [5.74, 6) is 1.74. The highest BCUT2D eigenvalue weighted by atomic mass is 16.5. The van der Waals surface area contributed by atoms with Crippen molar-refractivity contribution in [3.05, 3.63) is 52.4 Å². The van der Waals surface area contributed by atoms with Gasteiger partial charge in [0.2, 0.25) is 0 Å². The molecule has 1 aromatic carbocycles. The fourth-order valence-electron chi connectivity index (χ4n) is 3.60. The molecule has 0 amide bonds. The fraction of sp³-hybridized carbons (Fsp3) is 0.350. The first-order valence-electron chi connectivity index (χ1n) is 8.41. The van der Waals surface area contributed by atoms with Crippen LogP contribution < -0.4 is 15.1 Å². The van der Waals surface area contributed by atoms with Gasteiger partial charge < -0.3 is 13.9 Å². The van der Waals surface area contributed by atoms with Crippen molar-refractivity contribution in [2.24, 2.45) is 0 Å². The van der Waals surface area contributed by atoms with Crippen LogP contribution in [0.2, 0.25) is 0 Å². The van der Waals surface area contributed by atoms with Gasteiger partial charge in [-0.05, 0) is 50.0 Å². The molecule has 2 aliphatic rings. The Labute approximate surface area is 140 Å². The van der Waals surface area contributed by atoms with E-state index in [1.165, 1.54) is 6.42 Å². The third-order valence-electron chi connectivity index (χ3n) is 4.89. The summed E-state index contributed by atoms with van der Waals surface area (Å²) in [5, 5.41) is 0. The van der Waals surface area contributed by atoms with Crippen molar-refractivity contribution >= 4 is 6.08 Å². The van der Waals surface area contributed by atoms with E-state index >= 15 is 0 Å². The third kappa shape index (κ3) is 2.52. The summed E-state index contributed by atoms with van der Waals surface area (Å²) in [6.07, 6.45) is 9.44. The normalized spacial score (nSPS) is 18.0. The number of ether oxygens (including phenoxy) is 2. The molecule has 0 atom stereocenters. The molecule has 0 saturated heterocycles. The maximum atomic E-state index is 12.4. The van der Waals surface area contributed by atoms with Crippen LogP contribution in [0.1, 0.15) is 37.7 Å². The zero-order valence-electron chi connectivity index (χ0n) is 13.7. The second-order valence-corrected chi connectivity index (χ2v) is 6.44. The van der Waals surface area contributed by atoms with E-state index in [1.807, 2.05) is 42.5 Å². The Bertz CT molecular complexity index is 841. The van der Waals surface area contributed by atoms with Gasteiger partial charge in [-0.3, -0.25) is 0 Å². The standard InChI is InChI=1S/C20H20O4/c1-22-16-8-4-3-7-14(16)17-13-18-15(19(21)23-17)9-12-20(24-18)10-5-2-6-11-20/h3-4,7-9,12-13H,2,5-6,10-11H2,1H3. The lowest BCUT2D eigenvalue weighted by atomic mass is 9.83. The Morgan fingerprint density at radius 3 is 2.71 bits per heavy atom. The lowest BCUT2D eigenvalue weighted by Crippen LogP contribution is -2.38. The Morgan fingerprint density at radius 2 is 1.92 bits per heavy atom. The van der Waals surface area contributed by atoms with Crippen LogP contribution >= 0.6 is 0 Å². The van der Waals surface area contributed by atoms with Crippen LogP contribution in [0, 0.1) is 0 Å². The molecule has 1 aromatic heterocycles. The maximum absolute atomic E-state index is 12.4. The number of benzene rings is 1. The van der Waals surface area contributed by atoms with Gasteiger partial charge in [0.25, 0.3) is 0 Å². The third-order valence-corrected chi connectivity index (χ3v) is 4.89. The van der Waals surface area contributed by atoms with Crippen LogP contribution in [0.25, 0.3) is 17.4 Å². The van der Waals surface area contributed by atoms with Crippen molar-refractivity contribution in [2.45, 2.75) is 37.7 Å². The van der Waals surface area contributed by atoms with Crippen molar-refractivity contribution < 1.29 is 13.9 Å². The first-order valence-corrected chi connectivity index (χ1v) is 8.41. The largest absolute Gasteiger partial charge is 0.496 e. The molecule has 1 aliphatic carbocycles. The van der Waals surface area contributed by atoms with E-state index in [1.54, 1.807) is 7.11 Å². The highest BCUT2D eigenvalue weighted by Gasteiger charge is 2.35. The Balaban J connectivity index is 1.79. The number of para-hydroxylation sites is 1. The summed E-state index contributed by atoms with van der Waals surface area (Å²) in [5.41, 5.74) is 0.591. The molecular formula is C20H20O4. The highest BCUT2D eigenvalue weighted by molar-refractivity contribution is 5.70. The minimum Gasteiger partial charge on any atom is -0.496 e. The first-order chi connectivity index (χ1) is 11.7. The van der Waals surface area contributed by atoms with Crippen LogP contribution in [0.4, 0.5) is 0 Å². The van der Waals surface area contributed by atoms with E-state index < -0.39 is 0 Å². The van der Waals surface area contributed by atoms with E-state index in [2.05, 4.69) is 0 Å². The molecule has 4 nitrogen and oxygen atoms in total. The molecule has 1 spiro atoms. The molecule has 4 heteroatoms. The van der Waals surface area contributed by atoms with Gasteiger partial charge in [-0.1, -0.05) is 18.6 Å². The minimum atomic E-state index is -0.379. The molecule has 24 heavy (non-hydrogen) atoms. The smallest absolute Gasteiger partial charge is 0.347 e. The van der Waals surface area contributed by atoms with Gasteiger partial charge >= 0.3 is 5.63 Å². The van der Waals surface area contributed by atoms with Gasteiger partial charge in [-0.25, -0.2) is 4.79 Å². The first kappa shape index (κ1) is 15.1. The molecule has 2 aromatic rings. The lowest BCUT2D eigenvalue weighted by molar-refractivity contribution is 0.0744. The SMILES string of the molecule is COc1ccccc1-c1cc2c(c(=O)o1)C=CC1(CCCCC1)O2. The molecule has 0 unspecified atom stereocenters. The predicted molar refractivity (Wildman–Crippen MR) is 92.4 cm³/mol. The molecule has 0 bridgehead atoms. The van der Waals surface area contributed by atoms with Gasteiger partial charge in [0, 0.05) is 6.07 Å². The average Bonchev–Trinajstić information content (AvgIpc) is 2.62. The average molecular weight is 324 g/mol. The topological polar surface area (TPSA) is 48.7 Å². The van der Waals surface area contributed by atoms with E-state index in [9.17, 15) is 4.79 Å². The van der Waals surface area contributed by atoms with E-state index in [0.29, 0.717) is 22.8 Å². The van der Waals surface area contributed by atoms with Crippen molar-refractivity contribution in [1.82, 2.24) is 0 Å². The van der Waals surface area contributed by atoms with Crippen molar-refractivity contribution in [2.75, 3.05) is 7.11 Å². The van der Waals surface area contributed by atoms with Gasteiger partial charge in [0.1, 0.15) is 28.4 Å². The second-order valence-electron chi connectivity index (χ2n) is 6.44. The summed E-state index contributed by atoms with van der Waals surface area (Å²) >= 11 is 0. The minimum absolute atomic E-state index is 0.267. The molecule has 1 aliphatic heterocycles. The number of fused-ring (bicyclic) bond motifs is 1. The number of hydrogen-bond donors (Lipinski definition) is 0. The molecule has 1 fully saturated rings. The zero-order chi connectivity index (χ0) is 16.6. The van der Waals surface area contributed by atoms with E-state index in [-0.39, 0.29) is 11.2 Å². The van der Waals surface area contributed by atoms with E-state index in [0.717, 1.165) is 31.2 Å². The maximum Gasteiger partial charge on any atom is 0.347 e. The van der Waals surface area contributed by atoms with Crippen LogP contribution in [0.5, 0.6) is 11.5 Å².